The molecule has 1 saturated heterocycles. The van der Waals surface area contributed by atoms with Crippen LogP contribution in [0.15, 0.2) is 24.3 Å². The van der Waals surface area contributed by atoms with Crippen LogP contribution in [0.2, 0.25) is 0 Å². The summed E-state index contributed by atoms with van der Waals surface area (Å²) in [6.07, 6.45) is 11.3. The average Bonchev–Trinajstić information content (AvgIpc) is 2.98. The number of rotatable bonds is 4. The van der Waals surface area contributed by atoms with Gasteiger partial charge in [0.2, 0.25) is 5.91 Å². The molecule has 25 heavy (non-hydrogen) atoms. The van der Waals surface area contributed by atoms with Crippen molar-refractivity contribution in [1.82, 2.24) is 4.90 Å². The molecule has 1 aliphatic carbocycles. The van der Waals surface area contributed by atoms with Gasteiger partial charge in [-0.2, -0.15) is 0 Å². The van der Waals surface area contributed by atoms with Crippen LogP contribution in [0.1, 0.15) is 63.9 Å². The van der Waals surface area contributed by atoms with E-state index in [4.69, 9.17) is 0 Å². The average molecular weight is 341 g/mol. The van der Waals surface area contributed by atoms with Gasteiger partial charge in [0.25, 0.3) is 0 Å². The first-order valence-corrected chi connectivity index (χ1v) is 10.4. The van der Waals surface area contributed by atoms with Gasteiger partial charge in [-0.15, -0.1) is 0 Å². The van der Waals surface area contributed by atoms with Gasteiger partial charge in [-0.3, -0.25) is 4.79 Å². The van der Waals surface area contributed by atoms with E-state index in [9.17, 15) is 4.79 Å². The third-order valence-electron chi connectivity index (χ3n) is 6.76. The molecule has 2 heterocycles. The van der Waals surface area contributed by atoms with Gasteiger partial charge in [-0.25, -0.2) is 0 Å². The summed E-state index contributed by atoms with van der Waals surface area (Å²) in [6, 6.07) is 9.56. The summed E-state index contributed by atoms with van der Waals surface area (Å²) in [5, 5.41) is 0. The number of hydrogen-bond acceptors (Lipinski definition) is 2. The zero-order valence-electron chi connectivity index (χ0n) is 15.6. The fourth-order valence-corrected chi connectivity index (χ4v) is 5.39. The minimum absolute atomic E-state index is 0.305. The Labute approximate surface area is 152 Å². The standard InChI is InChI=1S/C22H32N2O/c1-2-5-17-8-10-19(11-9-17)23-14-12-20(13-15-23)24-21-7-4-3-6-18(21)16-22(24)25/h3-4,6-7,17,19-20H,2,5,8-16H2,1H3. The molecule has 136 valence electrons. The fourth-order valence-electron chi connectivity index (χ4n) is 5.39. The van der Waals surface area contributed by atoms with Crippen LogP contribution in [0.5, 0.6) is 0 Å². The van der Waals surface area contributed by atoms with Crippen LogP contribution in [0.3, 0.4) is 0 Å². The lowest BCUT2D eigenvalue weighted by molar-refractivity contribution is -0.118. The highest BCUT2D eigenvalue weighted by Crippen LogP contribution is 2.35. The van der Waals surface area contributed by atoms with E-state index in [0.717, 1.165) is 24.8 Å². The van der Waals surface area contributed by atoms with Gasteiger partial charge in [0.05, 0.1) is 6.42 Å². The van der Waals surface area contributed by atoms with Gasteiger partial charge < -0.3 is 9.80 Å². The number of fused-ring (bicyclic) bond motifs is 1. The van der Waals surface area contributed by atoms with E-state index in [0.29, 0.717) is 18.4 Å². The predicted molar refractivity (Wildman–Crippen MR) is 103 cm³/mol. The number of carbonyl (C=O) groups is 1. The van der Waals surface area contributed by atoms with Gasteiger partial charge >= 0.3 is 0 Å². The van der Waals surface area contributed by atoms with Gasteiger partial charge in [-0.05, 0) is 56.1 Å². The maximum atomic E-state index is 12.5. The highest BCUT2D eigenvalue weighted by Gasteiger charge is 2.36. The highest BCUT2D eigenvalue weighted by molar-refractivity contribution is 6.01. The highest BCUT2D eigenvalue weighted by atomic mass is 16.2. The molecule has 0 aromatic heterocycles. The van der Waals surface area contributed by atoms with Crippen LogP contribution < -0.4 is 4.90 Å². The number of nitrogens with zero attached hydrogens (tertiary/aromatic N) is 2. The molecule has 1 amide bonds. The molecule has 0 radical (unpaired) electrons. The fraction of sp³-hybridized carbons (Fsp3) is 0.682. The molecule has 1 aromatic carbocycles. The summed E-state index contributed by atoms with van der Waals surface area (Å²) >= 11 is 0. The van der Waals surface area contributed by atoms with Crippen LogP contribution in [0, 0.1) is 5.92 Å². The van der Waals surface area contributed by atoms with Crippen molar-refractivity contribution in [3.8, 4) is 0 Å². The molecule has 2 aliphatic heterocycles. The third kappa shape index (κ3) is 3.48. The lowest BCUT2D eigenvalue weighted by atomic mass is 9.82. The summed E-state index contributed by atoms with van der Waals surface area (Å²) in [5.74, 6) is 1.29. The molecule has 0 spiro atoms. The zero-order valence-corrected chi connectivity index (χ0v) is 15.6. The number of carbonyl (C=O) groups excluding carboxylic acids is 1. The number of amides is 1. The van der Waals surface area contributed by atoms with Crippen molar-refractivity contribution in [3.05, 3.63) is 29.8 Å². The van der Waals surface area contributed by atoms with Gasteiger partial charge in [0.1, 0.15) is 0 Å². The number of benzene rings is 1. The zero-order chi connectivity index (χ0) is 17.2. The summed E-state index contributed by atoms with van der Waals surface area (Å²) in [6.45, 7) is 4.65. The van der Waals surface area contributed by atoms with E-state index in [1.165, 1.54) is 62.9 Å². The van der Waals surface area contributed by atoms with Crippen LogP contribution in [-0.2, 0) is 11.2 Å². The molecule has 0 atom stereocenters. The van der Waals surface area contributed by atoms with Gasteiger partial charge in [-0.1, -0.05) is 38.0 Å². The lowest BCUT2D eigenvalue weighted by Crippen LogP contribution is -2.49. The Morgan fingerprint density at radius 3 is 2.40 bits per heavy atom. The Bertz CT molecular complexity index is 598. The molecule has 2 fully saturated rings. The Kier molecular flexibility index (Phi) is 5.12. The Hall–Kier alpha value is -1.35. The van der Waals surface area contributed by atoms with E-state index >= 15 is 0 Å². The largest absolute Gasteiger partial charge is 0.309 e. The smallest absolute Gasteiger partial charge is 0.231 e. The predicted octanol–water partition coefficient (Wildman–Crippen LogP) is 4.40. The molecule has 3 aliphatic rings. The Morgan fingerprint density at radius 2 is 1.68 bits per heavy atom. The first kappa shape index (κ1) is 17.1. The molecular formula is C22H32N2O. The van der Waals surface area contributed by atoms with Crippen LogP contribution in [-0.4, -0.2) is 36.0 Å². The monoisotopic (exact) mass is 340 g/mol. The van der Waals surface area contributed by atoms with Crippen molar-refractivity contribution >= 4 is 11.6 Å². The number of para-hydroxylation sites is 1. The molecule has 1 saturated carbocycles. The Balaban J connectivity index is 1.33. The summed E-state index contributed by atoms with van der Waals surface area (Å²) in [5.41, 5.74) is 2.38. The van der Waals surface area contributed by atoms with E-state index in [1.807, 2.05) is 6.07 Å². The van der Waals surface area contributed by atoms with Crippen LogP contribution in [0.4, 0.5) is 5.69 Å². The van der Waals surface area contributed by atoms with Crippen molar-refractivity contribution in [2.24, 2.45) is 5.92 Å². The number of likely N-dealkylation sites (tertiary alicyclic amines) is 1. The van der Waals surface area contributed by atoms with Crippen molar-refractivity contribution in [2.45, 2.75) is 76.8 Å². The summed E-state index contributed by atoms with van der Waals surface area (Å²) in [7, 11) is 0. The molecule has 0 bridgehead atoms. The number of hydrogen-bond donors (Lipinski definition) is 0. The van der Waals surface area contributed by atoms with Crippen molar-refractivity contribution in [2.75, 3.05) is 18.0 Å². The van der Waals surface area contributed by atoms with Gasteiger partial charge in [0.15, 0.2) is 0 Å². The van der Waals surface area contributed by atoms with E-state index < -0.39 is 0 Å². The van der Waals surface area contributed by atoms with E-state index in [1.54, 1.807) is 0 Å². The molecular weight excluding hydrogens is 308 g/mol. The first-order chi connectivity index (χ1) is 12.3. The Morgan fingerprint density at radius 1 is 0.960 bits per heavy atom. The second-order valence-corrected chi connectivity index (χ2v) is 8.30. The SMILES string of the molecule is CCCC1CCC(N2CCC(N3C(=O)Cc4ccccc43)CC2)CC1. The van der Waals surface area contributed by atoms with E-state index in [-0.39, 0.29) is 0 Å². The summed E-state index contributed by atoms with van der Waals surface area (Å²) in [4.78, 5) is 17.4. The molecule has 0 unspecified atom stereocenters. The maximum absolute atomic E-state index is 12.5. The molecule has 0 N–H and O–H groups in total. The third-order valence-corrected chi connectivity index (χ3v) is 6.76. The second kappa shape index (κ2) is 7.49. The van der Waals surface area contributed by atoms with Crippen molar-refractivity contribution in [3.63, 3.8) is 0 Å². The number of anilines is 1. The normalized spacial score (nSPS) is 28.4. The molecule has 4 rings (SSSR count). The minimum atomic E-state index is 0.305. The van der Waals surface area contributed by atoms with Crippen molar-refractivity contribution < 1.29 is 4.79 Å². The van der Waals surface area contributed by atoms with E-state index in [2.05, 4.69) is 34.9 Å². The van der Waals surface area contributed by atoms with Crippen molar-refractivity contribution in [1.29, 1.82) is 0 Å². The minimum Gasteiger partial charge on any atom is -0.309 e. The molecule has 1 aromatic rings. The maximum Gasteiger partial charge on any atom is 0.231 e. The lowest BCUT2D eigenvalue weighted by Gasteiger charge is -2.42. The first-order valence-electron chi connectivity index (χ1n) is 10.4. The quantitative estimate of drug-likeness (QED) is 0.811. The van der Waals surface area contributed by atoms with Crippen LogP contribution >= 0.6 is 0 Å². The number of piperidine rings is 1. The topological polar surface area (TPSA) is 23.6 Å². The summed E-state index contributed by atoms with van der Waals surface area (Å²) < 4.78 is 0. The molecule has 3 nitrogen and oxygen atoms in total. The molecule has 3 heteroatoms. The van der Waals surface area contributed by atoms with Gasteiger partial charge in [0, 0.05) is 30.9 Å². The van der Waals surface area contributed by atoms with Crippen LogP contribution in [0.25, 0.3) is 0 Å². The second-order valence-electron chi connectivity index (χ2n) is 8.30.